The molecule has 2 rings (SSSR count). The summed E-state index contributed by atoms with van der Waals surface area (Å²) in [5.74, 6) is -0.543. The second-order valence-corrected chi connectivity index (χ2v) is 4.71. The van der Waals surface area contributed by atoms with Gasteiger partial charge in [0, 0.05) is 25.6 Å². The third kappa shape index (κ3) is 2.51. The number of carbonyl (C=O) groups excluding carboxylic acids is 1. The van der Waals surface area contributed by atoms with Gasteiger partial charge in [0.1, 0.15) is 0 Å². The Kier molecular flexibility index (Phi) is 3.74. The average Bonchev–Trinajstić information content (AvgIpc) is 2.81. The lowest BCUT2D eigenvalue weighted by Gasteiger charge is -2.33. The van der Waals surface area contributed by atoms with Gasteiger partial charge in [-0.15, -0.1) is 0 Å². The summed E-state index contributed by atoms with van der Waals surface area (Å²) in [6, 6.07) is 0. The largest absolute Gasteiger partial charge is 0.342 e. The van der Waals surface area contributed by atoms with Crippen LogP contribution in [0.4, 0.5) is 8.78 Å². The Balaban J connectivity index is 1.90. The van der Waals surface area contributed by atoms with Crippen molar-refractivity contribution in [2.24, 2.45) is 11.8 Å². The highest BCUT2D eigenvalue weighted by molar-refractivity contribution is 5.79. The molecule has 16 heavy (non-hydrogen) atoms. The van der Waals surface area contributed by atoms with Crippen LogP contribution in [-0.2, 0) is 4.79 Å². The zero-order valence-corrected chi connectivity index (χ0v) is 9.29. The van der Waals surface area contributed by atoms with Gasteiger partial charge in [0.15, 0.2) is 0 Å². The van der Waals surface area contributed by atoms with Crippen LogP contribution in [0.5, 0.6) is 0 Å². The van der Waals surface area contributed by atoms with Crippen molar-refractivity contribution >= 4 is 5.91 Å². The fourth-order valence-corrected chi connectivity index (χ4v) is 2.54. The fourth-order valence-electron chi connectivity index (χ4n) is 2.54. The van der Waals surface area contributed by atoms with E-state index in [0.29, 0.717) is 25.9 Å². The Morgan fingerprint density at radius 3 is 2.81 bits per heavy atom. The van der Waals surface area contributed by atoms with Gasteiger partial charge in [0.2, 0.25) is 12.3 Å². The maximum Gasteiger partial charge on any atom is 0.243 e. The molecule has 2 fully saturated rings. The summed E-state index contributed by atoms with van der Waals surface area (Å²) in [6.45, 7) is 2.46. The van der Waals surface area contributed by atoms with Gasteiger partial charge in [-0.05, 0) is 25.8 Å². The first-order valence-corrected chi connectivity index (χ1v) is 5.96. The first kappa shape index (κ1) is 11.8. The minimum absolute atomic E-state index is 0.0106. The minimum Gasteiger partial charge on any atom is -0.342 e. The average molecular weight is 232 g/mol. The SMILES string of the molecule is O=C([C@@H]1CCNC1)N1CCC[C@H](C(F)F)C1. The van der Waals surface area contributed by atoms with Crippen LogP contribution >= 0.6 is 0 Å². The summed E-state index contributed by atoms with van der Waals surface area (Å²) in [4.78, 5) is 13.6. The van der Waals surface area contributed by atoms with E-state index in [2.05, 4.69) is 5.32 Å². The van der Waals surface area contributed by atoms with E-state index in [9.17, 15) is 13.6 Å². The second kappa shape index (κ2) is 5.08. The molecule has 0 radical (unpaired) electrons. The van der Waals surface area contributed by atoms with Crippen LogP contribution in [0.15, 0.2) is 0 Å². The third-order valence-corrected chi connectivity index (χ3v) is 3.54. The van der Waals surface area contributed by atoms with Gasteiger partial charge < -0.3 is 10.2 Å². The third-order valence-electron chi connectivity index (χ3n) is 3.54. The predicted octanol–water partition coefficient (Wildman–Crippen LogP) is 1.10. The van der Waals surface area contributed by atoms with E-state index in [1.807, 2.05) is 0 Å². The Morgan fingerprint density at radius 1 is 1.38 bits per heavy atom. The Bertz CT molecular complexity index is 254. The Hall–Kier alpha value is -0.710. The summed E-state index contributed by atoms with van der Waals surface area (Å²) in [5, 5.41) is 3.13. The maximum absolute atomic E-state index is 12.6. The van der Waals surface area contributed by atoms with E-state index in [0.717, 1.165) is 13.0 Å². The smallest absolute Gasteiger partial charge is 0.243 e. The van der Waals surface area contributed by atoms with E-state index >= 15 is 0 Å². The van der Waals surface area contributed by atoms with Gasteiger partial charge in [0.25, 0.3) is 0 Å². The number of nitrogens with zero attached hydrogens (tertiary/aromatic N) is 1. The lowest BCUT2D eigenvalue weighted by Crippen LogP contribution is -2.45. The number of hydrogen-bond donors (Lipinski definition) is 1. The van der Waals surface area contributed by atoms with Crippen molar-refractivity contribution in [3.63, 3.8) is 0 Å². The molecule has 1 amide bonds. The van der Waals surface area contributed by atoms with Crippen molar-refractivity contribution in [3.05, 3.63) is 0 Å². The molecule has 2 heterocycles. The van der Waals surface area contributed by atoms with Gasteiger partial charge in [-0.3, -0.25) is 4.79 Å². The fraction of sp³-hybridized carbons (Fsp3) is 0.909. The molecule has 0 aromatic carbocycles. The second-order valence-electron chi connectivity index (χ2n) is 4.71. The quantitative estimate of drug-likeness (QED) is 0.773. The van der Waals surface area contributed by atoms with Crippen LogP contribution in [0.3, 0.4) is 0 Å². The van der Waals surface area contributed by atoms with Crippen molar-refractivity contribution in [1.82, 2.24) is 10.2 Å². The molecule has 0 aromatic heterocycles. The van der Waals surface area contributed by atoms with Crippen molar-refractivity contribution in [3.8, 4) is 0 Å². The molecule has 2 atom stereocenters. The van der Waals surface area contributed by atoms with E-state index in [4.69, 9.17) is 0 Å². The van der Waals surface area contributed by atoms with E-state index in [-0.39, 0.29) is 18.4 Å². The summed E-state index contributed by atoms with van der Waals surface area (Å²) in [5.41, 5.74) is 0. The number of hydrogen-bond acceptors (Lipinski definition) is 2. The Labute approximate surface area is 94.2 Å². The molecule has 2 saturated heterocycles. The van der Waals surface area contributed by atoms with Gasteiger partial charge in [-0.1, -0.05) is 0 Å². The van der Waals surface area contributed by atoms with Crippen LogP contribution < -0.4 is 5.32 Å². The molecule has 0 spiro atoms. The molecule has 2 aliphatic heterocycles. The molecule has 0 bridgehead atoms. The van der Waals surface area contributed by atoms with Crippen LogP contribution in [0.1, 0.15) is 19.3 Å². The van der Waals surface area contributed by atoms with Crippen LogP contribution in [0, 0.1) is 11.8 Å². The minimum atomic E-state index is -2.29. The lowest BCUT2D eigenvalue weighted by molar-refractivity contribution is -0.138. The molecule has 0 aliphatic carbocycles. The van der Waals surface area contributed by atoms with Gasteiger partial charge in [0.05, 0.1) is 5.92 Å². The van der Waals surface area contributed by atoms with Crippen molar-refractivity contribution in [1.29, 1.82) is 0 Å². The molecule has 92 valence electrons. The van der Waals surface area contributed by atoms with E-state index in [1.54, 1.807) is 4.90 Å². The van der Waals surface area contributed by atoms with Crippen molar-refractivity contribution in [2.75, 3.05) is 26.2 Å². The van der Waals surface area contributed by atoms with Crippen molar-refractivity contribution < 1.29 is 13.6 Å². The van der Waals surface area contributed by atoms with Crippen LogP contribution in [0.25, 0.3) is 0 Å². The molecule has 0 aromatic rings. The molecular weight excluding hydrogens is 214 g/mol. The molecule has 0 unspecified atom stereocenters. The number of likely N-dealkylation sites (tertiary alicyclic amines) is 1. The van der Waals surface area contributed by atoms with Gasteiger partial charge >= 0.3 is 0 Å². The number of nitrogens with one attached hydrogen (secondary N) is 1. The van der Waals surface area contributed by atoms with E-state index in [1.165, 1.54) is 0 Å². The maximum atomic E-state index is 12.6. The normalized spacial score (nSPS) is 31.1. The van der Waals surface area contributed by atoms with E-state index < -0.39 is 12.3 Å². The standard InChI is InChI=1S/C11H18F2N2O/c12-10(13)9-2-1-5-15(7-9)11(16)8-3-4-14-6-8/h8-10,14H,1-7H2/t8-,9+/m1/s1. The predicted molar refractivity (Wildman–Crippen MR) is 56.3 cm³/mol. The number of halogens is 2. The topological polar surface area (TPSA) is 32.3 Å². The van der Waals surface area contributed by atoms with Gasteiger partial charge in [-0.2, -0.15) is 0 Å². The number of carbonyl (C=O) groups is 1. The number of rotatable bonds is 2. The molecule has 2 aliphatic rings. The zero-order valence-electron chi connectivity index (χ0n) is 9.29. The molecule has 1 N–H and O–H groups in total. The summed E-state index contributed by atoms with van der Waals surface area (Å²) >= 11 is 0. The monoisotopic (exact) mass is 232 g/mol. The first-order chi connectivity index (χ1) is 7.68. The molecular formula is C11H18F2N2O. The first-order valence-electron chi connectivity index (χ1n) is 5.96. The highest BCUT2D eigenvalue weighted by Crippen LogP contribution is 2.24. The molecule has 0 saturated carbocycles. The summed E-state index contributed by atoms with van der Waals surface area (Å²) in [6.07, 6.45) is -0.197. The van der Waals surface area contributed by atoms with Crippen molar-refractivity contribution in [2.45, 2.75) is 25.7 Å². The van der Waals surface area contributed by atoms with Crippen LogP contribution in [0.2, 0.25) is 0 Å². The highest BCUT2D eigenvalue weighted by Gasteiger charge is 2.33. The Morgan fingerprint density at radius 2 is 2.19 bits per heavy atom. The molecule has 3 nitrogen and oxygen atoms in total. The highest BCUT2D eigenvalue weighted by atomic mass is 19.3. The zero-order chi connectivity index (χ0) is 11.5. The molecule has 5 heteroatoms. The lowest BCUT2D eigenvalue weighted by atomic mass is 9.96. The van der Waals surface area contributed by atoms with Crippen LogP contribution in [-0.4, -0.2) is 43.4 Å². The summed E-state index contributed by atoms with van der Waals surface area (Å²) in [7, 11) is 0. The van der Waals surface area contributed by atoms with Gasteiger partial charge in [-0.25, -0.2) is 8.78 Å². The number of piperidine rings is 1. The number of amides is 1. The number of alkyl halides is 2. The summed E-state index contributed by atoms with van der Waals surface area (Å²) < 4.78 is 25.2.